The summed E-state index contributed by atoms with van der Waals surface area (Å²) in [6.07, 6.45) is 1.20. The molecule has 1 atom stereocenters. The summed E-state index contributed by atoms with van der Waals surface area (Å²) in [6, 6.07) is 18.3. The molecule has 0 radical (unpaired) electrons. The zero-order valence-corrected chi connectivity index (χ0v) is 30.3. The normalized spacial score (nSPS) is 19.5. The Labute approximate surface area is 301 Å². The second kappa shape index (κ2) is 14.7. The topological polar surface area (TPSA) is 96.8 Å². The third-order valence-corrected chi connectivity index (χ3v) is 11.5. The summed E-state index contributed by atoms with van der Waals surface area (Å²) in [4.78, 5) is 47.5. The Morgan fingerprint density at radius 2 is 1.86 bits per heavy atom. The maximum Gasteiger partial charge on any atom is 0.320 e. The molecule has 1 saturated carbocycles. The Hall–Kier alpha value is -4.42. The maximum absolute atomic E-state index is 13.3. The van der Waals surface area contributed by atoms with Crippen molar-refractivity contribution in [1.29, 1.82) is 0 Å². The molecule has 4 aromatic rings. The minimum absolute atomic E-state index is 0.0141. The predicted molar refractivity (Wildman–Crippen MR) is 195 cm³/mol. The van der Waals surface area contributed by atoms with Gasteiger partial charge in [0.2, 0.25) is 11.9 Å². The molecule has 0 unspecified atom stereocenters. The highest BCUT2D eigenvalue weighted by Crippen LogP contribution is 2.55. The number of esters is 1. The van der Waals surface area contributed by atoms with Crippen LogP contribution in [-0.4, -0.2) is 62.8 Å². The van der Waals surface area contributed by atoms with Gasteiger partial charge in [-0.2, -0.15) is 0 Å². The molecule has 1 aliphatic heterocycles. The van der Waals surface area contributed by atoms with Gasteiger partial charge in [-0.25, -0.2) is 13.8 Å². The lowest BCUT2D eigenvalue weighted by molar-refractivity contribution is -0.147. The number of imidazole rings is 1. The van der Waals surface area contributed by atoms with Crippen molar-refractivity contribution in [3.8, 4) is 0 Å². The van der Waals surface area contributed by atoms with E-state index in [0.717, 1.165) is 47.2 Å². The van der Waals surface area contributed by atoms with Crippen molar-refractivity contribution >= 4 is 46.1 Å². The van der Waals surface area contributed by atoms with E-state index in [1.54, 1.807) is 0 Å². The summed E-state index contributed by atoms with van der Waals surface area (Å²) < 4.78 is 34.3. The van der Waals surface area contributed by atoms with E-state index in [0.29, 0.717) is 31.1 Å². The average molecular weight is 718 g/mol. The zero-order chi connectivity index (χ0) is 36.5. The van der Waals surface area contributed by atoms with Gasteiger partial charge in [0.05, 0.1) is 27.3 Å². The van der Waals surface area contributed by atoms with Crippen LogP contribution < -0.4 is 5.32 Å². The van der Waals surface area contributed by atoms with E-state index in [2.05, 4.69) is 44.5 Å². The number of nitrogens with one attached hydrogen (secondary N) is 1. The fourth-order valence-electron chi connectivity index (χ4n) is 7.23. The van der Waals surface area contributed by atoms with Gasteiger partial charge in [-0.05, 0) is 78.5 Å². The second-order valence-electron chi connectivity index (χ2n) is 15.0. The van der Waals surface area contributed by atoms with Crippen molar-refractivity contribution in [3.05, 3.63) is 94.2 Å². The summed E-state index contributed by atoms with van der Waals surface area (Å²) in [5.74, 6) is -0.531. The Bertz CT molecular complexity index is 1910. The van der Waals surface area contributed by atoms with Crippen molar-refractivity contribution in [2.45, 2.75) is 78.6 Å². The molecule has 2 fully saturated rings. The van der Waals surface area contributed by atoms with Crippen LogP contribution in [0.4, 0.5) is 14.7 Å². The van der Waals surface area contributed by atoms with Gasteiger partial charge in [-0.15, -0.1) is 11.3 Å². The summed E-state index contributed by atoms with van der Waals surface area (Å²) in [6.45, 7) is 14.3. The van der Waals surface area contributed by atoms with Crippen LogP contribution in [0.5, 0.6) is 0 Å². The number of aromatic nitrogens is 2. The molecular weight excluding hydrogens is 673 g/mol. The predicted octanol–water partition coefficient (Wildman–Crippen LogP) is 8.01. The van der Waals surface area contributed by atoms with Crippen molar-refractivity contribution in [2.24, 2.45) is 10.8 Å². The standard InChI is InChI=1S/C39H45F2N5O4S/c1-6-33(47)44-17-16-39(24-44)19-28(20-39)46-30-13-12-27(18-29(30)42-37(46)43-36(49)32-15-14-31(51-32)35(40)41)21-45(25(2)38(3,4)5)22-34(48)50-23-26-10-8-7-9-11-26/h6-15,18,25,28,35H,1,16-17,19-24H2,2-5H3,(H,42,43,49)/t25-,28?,39?/m0/s1. The number of alkyl halides is 2. The van der Waals surface area contributed by atoms with E-state index in [4.69, 9.17) is 9.72 Å². The van der Waals surface area contributed by atoms with Crippen LogP contribution >= 0.6 is 11.3 Å². The molecule has 270 valence electrons. The molecule has 1 N–H and O–H groups in total. The molecule has 3 heterocycles. The number of thiophene rings is 1. The van der Waals surface area contributed by atoms with Crippen LogP contribution in [0.1, 0.15) is 85.1 Å². The lowest BCUT2D eigenvalue weighted by atomic mass is 9.64. The van der Waals surface area contributed by atoms with E-state index in [1.165, 1.54) is 18.2 Å². The fourth-order valence-corrected chi connectivity index (χ4v) is 7.98. The molecule has 2 amide bonds. The summed E-state index contributed by atoms with van der Waals surface area (Å²) in [5.41, 5.74) is 3.24. The van der Waals surface area contributed by atoms with Gasteiger partial charge in [-0.3, -0.25) is 24.6 Å². The molecule has 0 bridgehead atoms. The number of carbonyl (C=O) groups excluding carboxylic acids is 3. The molecule has 6 rings (SSSR count). The highest BCUT2D eigenvalue weighted by Gasteiger charge is 2.50. The number of likely N-dealkylation sites (tertiary alicyclic amines) is 1. The van der Waals surface area contributed by atoms with E-state index in [-0.39, 0.29) is 57.7 Å². The molecule has 12 heteroatoms. The van der Waals surface area contributed by atoms with Crippen LogP contribution in [0.25, 0.3) is 11.0 Å². The van der Waals surface area contributed by atoms with Gasteiger partial charge in [0.1, 0.15) is 6.61 Å². The van der Waals surface area contributed by atoms with Crippen LogP contribution in [-0.2, 0) is 27.5 Å². The monoisotopic (exact) mass is 717 g/mol. The Morgan fingerprint density at radius 3 is 2.53 bits per heavy atom. The number of fused-ring (bicyclic) bond motifs is 1. The van der Waals surface area contributed by atoms with Gasteiger partial charge < -0.3 is 14.2 Å². The smallest absolute Gasteiger partial charge is 0.320 e. The Kier molecular flexibility index (Phi) is 10.5. The van der Waals surface area contributed by atoms with Crippen LogP contribution in [0.15, 0.2) is 73.3 Å². The van der Waals surface area contributed by atoms with Crippen LogP contribution in [0.2, 0.25) is 0 Å². The fraction of sp³-hybridized carbons (Fsp3) is 0.436. The van der Waals surface area contributed by atoms with E-state index in [1.807, 2.05) is 58.0 Å². The third kappa shape index (κ3) is 8.07. The highest BCUT2D eigenvalue weighted by atomic mass is 32.1. The van der Waals surface area contributed by atoms with E-state index >= 15 is 0 Å². The maximum atomic E-state index is 13.3. The minimum atomic E-state index is -2.66. The van der Waals surface area contributed by atoms with Gasteiger partial charge in [0.25, 0.3) is 12.3 Å². The number of anilines is 1. The molecule has 1 saturated heterocycles. The highest BCUT2D eigenvalue weighted by molar-refractivity contribution is 7.14. The van der Waals surface area contributed by atoms with Crippen molar-refractivity contribution in [1.82, 2.24) is 19.4 Å². The number of ether oxygens (including phenoxy) is 1. The zero-order valence-electron chi connectivity index (χ0n) is 29.5. The SMILES string of the molecule is C=CC(=O)N1CCC2(CC(n3c(NC(=O)c4ccc(C(F)F)s4)nc4cc(CN(CC(=O)OCc5ccccc5)[C@@H](C)C(C)(C)C)ccc43)C2)C1. The lowest BCUT2D eigenvalue weighted by Gasteiger charge is -2.46. The molecule has 2 aromatic carbocycles. The average Bonchev–Trinajstić information content (AvgIpc) is 3.83. The molecule has 2 aliphatic rings. The molecule has 2 aromatic heterocycles. The first-order chi connectivity index (χ1) is 24.2. The van der Waals surface area contributed by atoms with Gasteiger partial charge >= 0.3 is 5.97 Å². The van der Waals surface area contributed by atoms with E-state index in [9.17, 15) is 23.2 Å². The first kappa shape index (κ1) is 36.4. The van der Waals surface area contributed by atoms with E-state index < -0.39 is 12.3 Å². The van der Waals surface area contributed by atoms with Crippen molar-refractivity contribution in [2.75, 3.05) is 25.0 Å². The largest absolute Gasteiger partial charge is 0.460 e. The lowest BCUT2D eigenvalue weighted by Crippen LogP contribution is -2.44. The quantitative estimate of drug-likeness (QED) is 0.118. The van der Waals surface area contributed by atoms with Crippen molar-refractivity contribution < 1.29 is 27.9 Å². The Balaban J connectivity index is 1.26. The Morgan fingerprint density at radius 1 is 1.12 bits per heavy atom. The molecule has 1 spiro atoms. The molecule has 51 heavy (non-hydrogen) atoms. The molecular formula is C39H45F2N5O4S. The summed E-state index contributed by atoms with van der Waals surface area (Å²) >= 11 is 0.762. The molecule has 1 aliphatic carbocycles. The number of halogens is 2. The second-order valence-corrected chi connectivity index (χ2v) is 16.1. The van der Waals surface area contributed by atoms with Crippen molar-refractivity contribution in [3.63, 3.8) is 0 Å². The number of hydrogen-bond acceptors (Lipinski definition) is 7. The minimum Gasteiger partial charge on any atom is -0.460 e. The van der Waals surface area contributed by atoms with Crippen LogP contribution in [0, 0.1) is 10.8 Å². The van der Waals surface area contributed by atoms with Crippen LogP contribution in [0.3, 0.4) is 0 Å². The molecule has 9 nitrogen and oxygen atoms in total. The number of benzene rings is 2. The van der Waals surface area contributed by atoms with Gasteiger partial charge in [0.15, 0.2) is 0 Å². The van der Waals surface area contributed by atoms with Gasteiger partial charge in [0, 0.05) is 31.7 Å². The number of rotatable bonds is 12. The summed E-state index contributed by atoms with van der Waals surface area (Å²) in [5, 5.41) is 2.91. The number of nitrogens with zero attached hydrogens (tertiary/aromatic N) is 4. The first-order valence-electron chi connectivity index (χ1n) is 17.3. The number of carbonyl (C=O) groups is 3. The van der Waals surface area contributed by atoms with Gasteiger partial charge in [-0.1, -0.05) is 63.7 Å². The number of hydrogen-bond donors (Lipinski definition) is 1. The number of amides is 2. The first-order valence-corrected chi connectivity index (χ1v) is 18.1. The summed E-state index contributed by atoms with van der Waals surface area (Å²) in [7, 11) is 0. The third-order valence-electron chi connectivity index (χ3n) is 10.4.